The Hall–Kier alpha value is -1.82. The molecule has 170 valence electrons. The molecule has 3 N–H and O–H groups in total. The van der Waals surface area contributed by atoms with Crippen LogP contribution in [0.3, 0.4) is 0 Å². The van der Waals surface area contributed by atoms with Crippen LogP contribution in [0.15, 0.2) is 23.2 Å². The first-order valence-corrected chi connectivity index (χ1v) is 9.81. The SMILES string of the molecule is CN=C(NCCNC(=O)OC(C)(C)C)NCc1ccc(N2CCOCC2)c(F)c1.I. The van der Waals surface area contributed by atoms with E-state index in [1.165, 1.54) is 6.07 Å². The summed E-state index contributed by atoms with van der Waals surface area (Å²) in [6, 6.07) is 5.24. The second-order valence-electron chi connectivity index (χ2n) is 7.67. The molecule has 0 atom stereocenters. The smallest absolute Gasteiger partial charge is 0.407 e. The quantitative estimate of drug-likeness (QED) is 0.224. The fourth-order valence-corrected chi connectivity index (χ4v) is 2.79. The predicted octanol–water partition coefficient (Wildman–Crippen LogP) is 2.47. The Balaban J connectivity index is 0.00000450. The van der Waals surface area contributed by atoms with Gasteiger partial charge in [-0.05, 0) is 38.5 Å². The number of guanidine groups is 1. The summed E-state index contributed by atoms with van der Waals surface area (Å²) < 4.78 is 25.0. The normalized spacial score (nSPS) is 14.6. The molecule has 1 aliphatic heterocycles. The highest BCUT2D eigenvalue weighted by molar-refractivity contribution is 14.0. The van der Waals surface area contributed by atoms with Crippen molar-refractivity contribution < 1.29 is 18.7 Å². The van der Waals surface area contributed by atoms with Crippen LogP contribution >= 0.6 is 24.0 Å². The highest BCUT2D eigenvalue weighted by Crippen LogP contribution is 2.21. The Morgan fingerprint density at radius 3 is 2.47 bits per heavy atom. The molecule has 0 aromatic heterocycles. The van der Waals surface area contributed by atoms with Gasteiger partial charge in [0.05, 0.1) is 18.9 Å². The van der Waals surface area contributed by atoms with Crippen molar-refractivity contribution in [2.75, 3.05) is 51.3 Å². The number of ether oxygens (including phenoxy) is 2. The number of halogens is 2. The summed E-state index contributed by atoms with van der Waals surface area (Å²) in [6.07, 6.45) is -0.460. The topological polar surface area (TPSA) is 87.2 Å². The van der Waals surface area contributed by atoms with Gasteiger partial charge in [0.25, 0.3) is 0 Å². The summed E-state index contributed by atoms with van der Waals surface area (Å²) in [4.78, 5) is 17.7. The maximum Gasteiger partial charge on any atom is 0.407 e. The lowest BCUT2D eigenvalue weighted by Gasteiger charge is -2.29. The van der Waals surface area contributed by atoms with Gasteiger partial charge in [-0.1, -0.05) is 6.07 Å². The monoisotopic (exact) mass is 537 g/mol. The number of nitrogens with one attached hydrogen (secondary N) is 3. The van der Waals surface area contributed by atoms with Gasteiger partial charge in [-0.3, -0.25) is 4.99 Å². The molecule has 1 heterocycles. The number of hydrogen-bond acceptors (Lipinski definition) is 5. The number of carbonyl (C=O) groups is 1. The lowest BCUT2D eigenvalue weighted by Crippen LogP contribution is -2.42. The number of nitrogens with zero attached hydrogens (tertiary/aromatic N) is 2. The third-order valence-electron chi connectivity index (χ3n) is 4.13. The van der Waals surface area contributed by atoms with Gasteiger partial charge in [0.1, 0.15) is 11.4 Å². The zero-order valence-corrected chi connectivity index (χ0v) is 20.4. The van der Waals surface area contributed by atoms with Crippen molar-refractivity contribution in [2.24, 2.45) is 4.99 Å². The minimum atomic E-state index is -0.526. The fraction of sp³-hybridized carbons (Fsp3) is 0.600. The first kappa shape index (κ1) is 26.2. The van der Waals surface area contributed by atoms with Crippen LogP contribution in [0.4, 0.5) is 14.9 Å². The van der Waals surface area contributed by atoms with Crippen molar-refractivity contribution in [2.45, 2.75) is 32.9 Å². The van der Waals surface area contributed by atoms with E-state index < -0.39 is 11.7 Å². The van der Waals surface area contributed by atoms with Gasteiger partial charge in [-0.15, -0.1) is 24.0 Å². The average Bonchev–Trinajstić information content (AvgIpc) is 2.67. The van der Waals surface area contributed by atoms with Crippen molar-refractivity contribution in [3.63, 3.8) is 0 Å². The summed E-state index contributed by atoms with van der Waals surface area (Å²) in [5, 5.41) is 8.89. The number of morpholine rings is 1. The van der Waals surface area contributed by atoms with Gasteiger partial charge in [0, 0.05) is 39.8 Å². The second kappa shape index (κ2) is 12.8. The third kappa shape index (κ3) is 9.33. The first-order valence-electron chi connectivity index (χ1n) is 9.81. The average molecular weight is 537 g/mol. The van der Waals surface area contributed by atoms with Crippen LogP contribution in [0.25, 0.3) is 0 Å². The van der Waals surface area contributed by atoms with Crippen molar-refractivity contribution in [1.82, 2.24) is 16.0 Å². The Kier molecular flexibility index (Phi) is 11.2. The van der Waals surface area contributed by atoms with Gasteiger partial charge < -0.3 is 30.3 Å². The standard InChI is InChI=1S/C20H32FN5O3.HI/c1-20(2,3)29-19(27)24-8-7-23-18(22-4)25-14-15-5-6-17(16(21)13-15)26-9-11-28-12-10-26;/h5-6,13H,7-12,14H2,1-4H3,(H,24,27)(H2,22,23,25);1H. The predicted molar refractivity (Wildman–Crippen MR) is 127 cm³/mol. The maximum absolute atomic E-state index is 14.5. The van der Waals surface area contributed by atoms with Crippen LogP contribution in [-0.2, 0) is 16.0 Å². The molecule has 2 rings (SSSR count). The van der Waals surface area contributed by atoms with Crippen LogP contribution in [0.1, 0.15) is 26.3 Å². The van der Waals surface area contributed by atoms with Gasteiger partial charge >= 0.3 is 6.09 Å². The number of amides is 1. The molecule has 0 spiro atoms. The van der Waals surface area contributed by atoms with E-state index in [1.807, 2.05) is 31.7 Å². The Morgan fingerprint density at radius 2 is 1.87 bits per heavy atom. The maximum atomic E-state index is 14.5. The lowest BCUT2D eigenvalue weighted by atomic mass is 10.1. The summed E-state index contributed by atoms with van der Waals surface area (Å²) in [7, 11) is 1.65. The molecule has 30 heavy (non-hydrogen) atoms. The molecule has 1 amide bonds. The fourth-order valence-electron chi connectivity index (χ4n) is 2.79. The minimum absolute atomic E-state index is 0. The number of alkyl carbamates (subject to hydrolysis) is 1. The lowest BCUT2D eigenvalue weighted by molar-refractivity contribution is 0.0529. The highest BCUT2D eigenvalue weighted by atomic mass is 127. The molecule has 0 aliphatic carbocycles. The molecular formula is C20H33FIN5O3. The Bertz CT molecular complexity index is 706. The van der Waals surface area contributed by atoms with E-state index in [0.29, 0.717) is 57.6 Å². The van der Waals surface area contributed by atoms with E-state index in [9.17, 15) is 9.18 Å². The molecule has 1 saturated heterocycles. The summed E-state index contributed by atoms with van der Waals surface area (Å²) in [6.45, 7) is 9.36. The summed E-state index contributed by atoms with van der Waals surface area (Å²) >= 11 is 0. The largest absolute Gasteiger partial charge is 0.444 e. The Labute approximate surface area is 195 Å². The summed E-state index contributed by atoms with van der Waals surface area (Å²) in [5.41, 5.74) is 0.893. The van der Waals surface area contributed by atoms with E-state index in [1.54, 1.807) is 13.1 Å². The molecule has 0 unspecified atom stereocenters. The van der Waals surface area contributed by atoms with E-state index in [2.05, 4.69) is 20.9 Å². The second-order valence-corrected chi connectivity index (χ2v) is 7.67. The zero-order valence-electron chi connectivity index (χ0n) is 18.1. The molecule has 8 nitrogen and oxygen atoms in total. The minimum Gasteiger partial charge on any atom is -0.444 e. The molecular weight excluding hydrogens is 504 g/mol. The van der Waals surface area contributed by atoms with Crippen molar-refractivity contribution in [1.29, 1.82) is 0 Å². The third-order valence-corrected chi connectivity index (χ3v) is 4.13. The van der Waals surface area contributed by atoms with E-state index in [0.717, 1.165) is 5.56 Å². The van der Waals surface area contributed by atoms with Gasteiger partial charge in [0.2, 0.25) is 0 Å². The molecule has 1 aliphatic rings. The number of benzene rings is 1. The first-order chi connectivity index (χ1) is 13.8. The van der Waals surface area contributed by atoms with Crippen LogP contribution in [0.2, 0.25) is 0 Å². The van der Waals surface area contributed by atoms with Crippen LogP contribution in [0.5, 0.6) is 0 Å². The molecule has 0 bridgehead atoms. The van der Waals surface area contributed by atoms with Crippen LogP contribution < -0.4 is 20.9 Å². The number of carbonyl (C=O) groups excluding carboxylic acids is 1. The van der Waals surface area contributed by atoms with E-state index >= 15 is 0 Å². The van der Waals surface area contributed by atoms with Gasteiger partial charge in [-0.25, -0.2) is 9.18 Å². The number of rotatable bonds is 6. The van der Waals surface area contributed by atoms with Gasteiger partial charge in [-0.2, -0.15) is 0 Å². The summed E-state index contributed by atoms with van der Waals surface area (Å²) in [5.74, 6) is 0.323. The molecule has 0 radical (unpaired) electrons. The number of aliphatic imine (C=N–C) groups is 1. The molecule has 1 aromatic rings. The number of hydrogen-bond donors (Lipinski definition) is 3. The van der Waals surface area contributed by atoms with Gasteiger partial charge in [0.15, 0.2) is 5.96 Å². The highest BCUT2D eigenvalue weighted by Gasteiger charge is 2.16. The van der Waals surface area contributed by atoms with Crippen molar-refractivity contribution in [3.05, 3.63) is 29.6 Å². The van der Waals surface area contributed by atoms with Crippen LogP contribution in [0, 0.1) is 5.82 Å². The number of anilines is 1. The molecule has 10 heteroatoms. The van der Waals surface area contributed by atoms with Crippen LogP contribution in [-0.4, -0.2) is 64.1 Å². The zero-order chi connectivity index (χ0) is 21.3. The van der Waals surface area contributed by atoms with Crippen molar-refractivity contribution >= 4 is 41.7 Å². The van der Waals surface area contributed by atoms with Crippen molar-refractivity contribution in [3.8, 4) is 0 Å². The molecule has 0 saturated carbocycles. The molecule has 1 aromatic carbocycles. The Morgan fingerprint density at radius 1 is 1.20 bits per heavy atom. The van der Waals surface area contributed by atoms with E-state index in [-0.39, 0.29) is 29.8 Å². The molecule has 1 fully saturated rings. The van der Waals surface area contributed by atoms with E-state index in [4.69, 9.17) is 9.47 Å².